The maximum Gasteiger partial charge on any atom is 0.150 e. The summed E-state index contributed by atoms with van der Waals surface area (Å²) in [5.41, 5.74) is 8.89. The molecule has 0 saturated carbocycles. The second kappa shape index (κ2) is 4.07. The van der Waals surface area contributed by atoms with Gasteiger partial charge in [-0.15, -0.1) is 0 Å². The lowest BCUT2D eigenvalue weighted by atomic mass is 9.71. The number of hydrogen-bond acceptors (Lipinski definition) is 3. The van der Waals surface area contributed by atoms with E-state index in [2.05, 4.69) is 18.2 Å². The summed E-state index contributed by atoms with van der Waals surface area (Å²) < 4.78 is 23.2. The summed E-state index contributed by atoms with van der Waals surface area (Å²) in [6.45, 7) is 0. The largest absolute Gasteiger partial charge is 0.325 e. The lowest BCUT2D eigenvalue weighted by Crippen LogP contribution is -2.51. The fraction of sp³-hybridized carbons (Fsp3) is 0.571. The van der Waals surface area contributed by atoms with Crippen molar-refractivity contribution >= 4 is 9.84 Å². The van der Waals surface area contributed by atoms with Gasteiger partial charge in [0.15, 0.2) is 9.84 Å². The number of fused-ring (bicyclic) bond motifs is 1. The summed E-state index contributed by atoms with van der Waals surface area (Å²) in [6, 6.07) is 8.37. The molecule has 2 unspecified atom stereocenters. The third-order valence-corrected chi connectivity index (χ3v) is 6.31. The SMILES string of the molecule is NC1(C2CCS(=O)(=O)C2)CCc2ccccc2C1. The molecule has 1 aromatic carbocycles. The standard InChI is InChI=1S/C14H19NO2S/c15-14(13-6-8-18(16,17)10-13)7-5-11-3-1-2-4-12(11)9-14/h1-4,13H,5-10,15H2. The van der Waals surface area contributed by atoms with Gasteiger partial charge in [-0.2, -0.15) is 0 Å². The topological polar surface area (TPSA) is 60.2 Å². The highest BCUT2D eigenvalue weighted by atomic mass is 32.2. The van der Waals surface area contributed by atoms with Gasteiger partial charge in [-0.05, 0) is 42.7 Å². The molecule has 2 N–H and O–H groups in total. The second-order valence-electron chi connectivity index (χ2n) is 5.78. The Kier molecular flexibility index (Phi) is 2.75. The normalized spacial score (nSPS) is 34.2. The monoisotopic (exact) mass is 265 g/mol. The van der Waals surface area contributed by atoms with Crippen LogP contribution in [0, 0.1) is 5.92 Å². The summed E-state index contributed by atoms with van der Waals surface area (Å²) in [5.74, 6) is 0.736. The van der Waals surface area contributed by atoms with E-state index in [1.807, 2.05) is 6.07 Å². The molecule has 3 nitrogen and oxygen atoms in total. The molecule has 1 fully saturated rings. The second-order valence-corrected chi connectivity index (χ2v) is 8.01. The summed E-state index contributed by atoms with van der Waals surface area (Å²) in [6.07, 6.45) is 3.44. The van der Waals surface area contributed by atoms with Crippen LogP contribution < -0.4 is 5.73 Å². The van der Waals surface area contributed by atoms with E-state index in [9.17, 15) is 8.42 Å². The fourth-order valence-corrected chi connectivity index (χ4v) is 5.30. The van der Waals surface area contributed by atoms with Crippen LogP contribution >= 0.6 is 0 Å². The third kappa shape index (κ3) is 2.08. The highest BCUT2D eigenvalue weighted by Crippen LogP contribution is 2.37. The van der Waals surface area contributed by atoms with Gasteiger partial charge in [-0.25, -0.2) is 8.42 Å². The van der Waals surface area contributed by atoms with Gasteiger partial charge in [0.2, 0.25) is 0 Å². The number of benzene rings is 1. The molecule has 0 radical (unpaired) electrons. The maximum absolute atomic E-state index is 11.6. The molecular formula is C14H19NO2S. The van der Waals surface area contributed by atoms with Crippen LogP contribution in [-0.4, -0.2) is 25.5 Å². The van der Waals surface area contributed by atoms with Crippen molar-refractivity contribution in [2.75, 3.05) is 11.5 Å². The lowest BCUT2D eigenvalue weighted by molar-refractivity contribution is 0.260. The van der Waals surface area contributed by atoms with Crippen LogP contribution in [-0.2, 0) is 22.7 Å². The molecule has 98 valence electrons. The van der Waals surface area contributed by atoms with Crippen LogP contribution in [0.3, 0.4) is 0 Å². The van der Waals surface area contributed by atoms with Crippen molar-refractivity contribution in [1.82, 2.24) is 0 Å². The molecule has 0 spiro atoms. The Hall–Kier alpha value is -0.870. The fourth-order valence-electron chi connectivity index (χ4n) is 3.38. The summed E-state index contributed by atoms with van der Waals surface area (Å²) >= 11 is 0. The van der Waals surface area contributed by atoms with Crippen molar-refractivity contribution in [3.8, 4) is 0 Å². The molecule has 1 saturated heterocycles. The van der Waals surface area contributed by atoms with Crippen molar-refractivity contribution in [2.45, 2.75) is 31.2 Å². The van der Waals surface area contributed by atoms with E-state index < -0.39 is 9.84 Å². The smallest absolute Gasteiger partial charge is 0.150 e. The van der Waals surface area contributed by atoms with Crippen molar-refractivity contribution < 1.29 is 8.42 Å². The summed E-state index contributed by atoms with van der Waals surface area (Å²) in [4.78, 5) is 0. The molecule has 3 rings (SSSR count). The first-order chi connectivity index (χ1) is 8.49. The van der Waals surface area contributed by atoms with E-state index in [1.165, 1.54) is 11.1 Å². The predicted molar refractivity (Wildman–Crippen MR) is 72.1 cm³/mol. The lowest BCUT2D eigenvalue weighted by Gasteiger charge is -2.39. The number of rotatable bonds is 1. The number of nitrogens with two attached hydrogens (primary N) is 1. The van der Waals surface area contributed by atoms with E-state index in [4.69, 9.17) is 5.73 Å². The molecule has 0 amide bonds. The van der Waals surface area contributed by atoms with Gasteiger partial charge in [0.05, 0.1) is 11.5 Å². The highest BCUT2D eigenvalue weighted by Gasteiger charge is 2.43. The van der Waals surface area contributed by atoms with Crippen molar-refractivity contribution in [3.63, 3.8) is 0 Å². The van der Waals surface area contributed by atoms with Crippen LogP contribution in [0.15, 0.2) is 24.3 Å². The minimum absolute atomic E-state index is 0.135. The Balaban J connectivity index is 1.86. The van der Waals surface area contributed by atoms with Gasteiger partial charge < -0.3 is 5.73 Å². The average molecular weight is 265 g/mol. The van der Waals surface area contributed by atoms with Crippen molar-refractivity contribution in [2.24, 2.45) is 11.7 Å². The van der Waals surface area contributed by atoms with Crippen LogP contribution in [0.1, 0.15) is 24.0 Å². The van der Waals surface area contributed by atoms with Gasteiger partial charge in [0, 0.05) is 5.54 Å². The average Bonchev–Trinajstić information content (AvgIpc) is 2.70. The van der Waals surface area contributed by atoms with Gasteiger partial charge >= 0.3 is 0 Å². The Morgan fingerprint density at radius 1 is 1.22 bits per heavy atom. The van der Waals surface area contributed by atoms with E-state index in [-0.39, 0.29) is 17.2 Å². The number of aryl methyl sites for hydroxylation is 1. The Morgan fingerprint density at radius 3 is 2.61 bits per heavy atom. The molecule has 0 aromatic heterocycles. The molecule has 1 aromatic rings. The van der Waals surface area contributed by atoms with Crippen LogP contribution in [0.5, 0.6) is 0 Å². The Labute approximate surface area is 108 Å². The first kappa shape index (κ1) is 12.2. The Morgan fingerprint density at radius 2 is 1.94 bits per heavy atom. The quantitative estimate of drug-likeness (QED) is 0.833. The molecular weight excluding hydrogens is 246 g/mol. The van der Waals surface area contributed by atoms with E-state index in [1.54, 1.807) is 0 Å². The molecule has 2 aliphatic rings. The van der Waals surface area contributed by atoms with Crippen LogP contribution in [0.4, 0.5) is 0 Å². The van der Waals surface area contributed by atoms with E-state index >= 15 is 0 Å². The number of sulfone groups is 1. The van der Waals surface area contributed by atoms with Crippen molar-refractivity contribution in [1.29, 1.82) is 0 Å². The zero-order valence-corrected chi connectivity index (χ0v) is 11.2. The molecule has 0 bridgehead atoms. The summed E-state index contributed by atoms with van der Waals surface area (Å²) in [5, 5.41) is 0. The zero-order chi connectivity index (χ0) is 12.8. The predicted octanol–water partition coefficient (Wildman–Crippen LogP) is 1.31. The van der Waals surface area contributed by atoms with Crippen LogP contribution in [0.2, 0.25) is 0 Å². The van der Waals surface area contributed by atoms with Gasteiger partial charge in [0.25, 0.3) is 0 Å². The van der Waals surface area contributed by atoms with Crippen molar-refractivity contribution in [3.05, 3.63) is 35.4 Å². The van der Waals surface area contributed by atoms with Gasteiger partial charge in [-0.3, -0.25) is 0 Å². The highest BCUT2D eigenvalue weighted by molar-refractivity contribution is 7.91. The molecule has 1 aliphatic carbocycles. The zero-order valence-electron chi connectivity index (χ0n) is 10.4. The molecule has 4 heteroatoms. The van der Waals surface area contributed by atoms with Gasteiger partial charge in [-0.1, -0.05) is 24.3 Å². The van der Waals surface area contributed by atoms with E-state index in [0.717, 1.165) is 25.7 Å². The molecule has 1 heterocycles. The first-order valence-corrected chi connectivity index (χ1v) is 8.37. The third-order valence-electron chi connectivity index (χ3n) is 4.54. The minimum atomic E-state index is -2.84. The minimum Gasteiger partial charge on any atom is -0.325 e. The number of hydrogen-bond donors (Lipinski definition) is 1. The molecule has 18 heavy (non-hydrogen) atoms. The first-order valence-electron chi connectivity index (χ1n) is 6.55. The summed E-state index contributed by atoms with van der Waals surface area (Å²) in [7, 11) is -2.84. The molecule has 2 atom stereocenters. The Bertz CT molecular complexity index is 567. The van der Waals surface area contributed by atoms with Gasteiger partial charge in [0.1, 0.15) is 0 Å². The van der Waals surface area contributed by atoms with Crippen LogP contribution in [0.25, 0.3) is 0 Å². The maximum atomic E-state index is 11.6. The molecule has 1 aliphatic heterocycles. The van der Waals surface area contributed by atoms with E-state index in [0.29, 0.717) is 5.75 Å².